The van der Waals surface area contributed by atoms with Crippen molar-refractivity contribution in [2.75, 3.05) is 0 Å². The number of hydrazone groups is 1. The fraction of sp³-hybridized carbons (Fsp3) is 0.355. The number of rotatable bonds is 8. The SMILES string of the molecule is C=Cc1cc(C(C)C2C=CC(C(=O)NC3CCCC(Cc4ccc(F)cc4)(C(=O)N=O)C3)C=C/C2=N\N)ccn1. The van der Waals surface area contributed by atoms with Crippen molar-refractivity contribution >= 4 is 23.6 Å². The molecule has 2 aromatic rings. The highest BCUT2D eigenvalue weighted by Gasteiger charge is 2.44. The van der Waals surface area contributed by atoms with Crippen molar-refractivity contribution in [2.24, 2.45) is 33.4 Å². The van der Waals surface area contributed by atoms with Gasteiger partial charge in [0.25, 0.3) is 5.91 Å². The van der Waals surface area contributed by atoms with E-state index in [0.29, 0.717) is 25.0 Å². The molecule has 0 saturated heterocycles. The van der Waals surface area contributed by atoms with Gasteiger partial charge in [0.1, 0.15) is 5.82 Å². The van der Waals surface area contributed by atoms with E-state index in [2.05, 4.69) is 34.1 Å². The van der Waals surface area contributed by atoms with Gasteiger partial charge in [-0.05, 0) is 79.1 Å². The topological polar surface area (TPSA) is 127 Å². The Morgan fingerprint density at radius 1 is 1.25 bits per heavy atom. The average molecular weight is 544 g/mol. The summed E-state index contributed by atoms with van der Waals surface area (Å²) in [4.78, 5) is 41.7. The predicted octanol–water partition coefficient (Wildman–Crippen LogP) is 5.22. The number of nitrogens with two attached hydrogens (primary N) is 1. The maximum absolute atomic E-state index is 13.4. The number of pyridine rings is 1. The van der Waals surface area contributed by atoms with Crippen LogP contribution in [0.3, 0.4) is 0 Å². The molecule has 2 amide bonds. The highest BCUT2D eigenvalue weighted by Crippen LogP contribution is 2.41. The van der Waals surface area contributed by atoms with E-state index in [-0.39, 0.29) is 42.4 Å². The van der Waals surface area contributed by atoms with E-state index in [0.717, 1.165) is 16.8 Å². The summed E-state index contributed by atoms with van der Waals surface area (Å²) in [6.07, 6.45) is 13.1. The first-order chi connectivity index (χ1) is 19.3. The van der Waals surface area contributed by atoms with Crippen molar-refractivity contribution in [3.05, 3.63) is 101 Å². The van der Waals surface area contributed by atoms with Crippen molar-refractivity contribution in [1.82, 2.24) is 10.3 Å². The second-order valence-corrected chi connectivity index (χ2v) is 10.6. The van der Waals surface area contributed by atoms with Gasteiger partial charge in [-0.3, -0.25) is 14.6 Å². The molecule has 8 nitrogen and oxygen atoms in total. The number of carbonyl (C=O) groups excluding carboxylic acids is 2. The molecule has 208 valence electrons. The molecule has 4 rings (SSSR count). The highest BCUT2D eigenvalue weighted by atomic mass is 19.1. The van der Waals surface area contributed by atoms with Gasteiger partial charge in [0.05, 0.1) is 22.7 Å². The number of halogens is 1. The Balaban J connectivity index is 1.49. The first-order valence-electron chi connectivity index (χ1n) is 13.4. The van der Waals surface area contributed by atoms with Crippen LogP contribution in [-0.4, -0.2) is 28.6 Å². The lowest BCUT2D eigenvalue weighted by Crippen LogP contribution is -2.47. The van der Waals surface area contributed by atoms with Crippen LogP contribution in [0, 0.1) is 28.0 Å². The lowest BCUT2D eigenvalue weighted by molar-refractivity contribution is -0.131. The molecule has 1 aromatic heterocycles. The number of allylic oxidation sites excluding steroid dienone is 2. The molecule has 1 aromatic carbocycles. The van der Waals surface area contributed by atoms with Crippen LogP contribution in [0.1, 0.15) is 55.3 Å². The molecule has 5 unspecified atom stereocenters. The molecule has 0 aliphatic heterocycles. The molecule has 1 fully saturated rings. The van der Waals surface area contributed by atoms with Crippen molar-refractivity contribution in [3.8, 4) is 0 Å². The molecule has 40 heavy (non-hydrogen) atoms. The fourth-order valence-corrected chi connectivity index (χ4v) is 5.81. The van der Waals surface area contributed by atoms with E-state index in [9.17, 15) is 18.9 Å². The minimum Gasteiger partial charge on any atom is -0.353 e. The Morgan fingerprint density at radius 3 is 2.73 bits per heavy atom. The van der Waals surface area contributed by atoms with Crippen molar-refractivity contribution in [2.45, 2.75) is 51.0 Å². The van der Waals surface area contributed by atoms with Gasteiger partial charge in [-0.2, -0.15) is 5.10 Å². The smallest absolute Gasteiger partial charge is 0.292 e. The standard InChI is InChI=1S/C31H34FN5O3/c1-3-25-17-23(14-16-34-25)20(2)27-12-8-22(9-13-28(27)36-33)29(38)35-26-5-4-15-31(19-26,30(39)37-40)18-21-6-10-24(32)11-7-21/h3,6-14,16-17,20,22,26-27H,1,4-5,15,18-19,33H2,2H3,(H,35,38)/b36-28+. The molecular weight excluding hydrogens is 509 g/mol. The van der Waals surface area contributed by atoms with Crippen LogP contribution in [0.25, 0.3) is 6.08 Å². The van der Waals surface area contributed by atoms with Crippen LogP contribution >= 0.6 is 0 Å². The van der Waals surface area contributed by atoms with Crippen LogP contribution in [0.4, 0.5) is 4.39 Å². The lowest BCUT2D eigenvalue weighted by atomic mass is 9.68. The molecule has 0 radical (unpaired) electrons. The number of aromatic nitrogens is 1. The Kier molecular flexibility index (Phi) is 9.14. The zero-order chi connectivity index (χ0) is 28.7. The summed E-state index contributed by atoms with van der Waals surface area (Å²) in [5.74, 6) is 3.69. The monoisotopic (exact) mass is 543 g/mol. The van der Waals surface area contributed by atoms with E-state index in [1.54, 1.807) is 36.6 Å². The second-order valence-electron chi connectivity index (χ2n) is 10.6. The molecule has 9 heteroatoms. The molecule has 2 aliphatic carbocycles. The van der Waals surface area contributed by atoms with Gasteiger partial charge in [0.15, 0.2) is 0 Å². The zero-order valence-corrected chi connectivity index (χ0v) is 22.5. The summed E-state index contributed by atoms with van der Waals surface area (Å²) in [6, 6.07) is 9.46. The number of hydrogen-bond acceptors (Lipinski definition) is 6. The molecule has 1 saturated carbocycles. The van der Waals surface area contributed by atoms with Gasteiger partial charge < -0.3 is 11.2 Å². The van der Waals surface area contributed by atoms with E-state index >= 15 is 0 Å². The van der Waals surface area contributed by atoms with E-state index in [1.807, 2.05) is 24.3 Å². The van der Waals surface area contributed by atoms with Crippen LogP contribution in [0.15, 0.2) is 83.8 Å². The molecule has 3 N–H and O–H groups in total. The maximum atomic E-state index is 13.4. The molecule has 5 atom stereocenters. The zero-order valence-electron chi connectivity index (χ0n) is 22.5. The number of amides is 2. The molecule has 2 aliphatic rings. The Labute approximate surface area is 233 Å². The number of hydrogen-bond donors (Lipinski definition) is 2. The minimum atomic E-state index is -1.04. The molecular formula is C31H34FN5O3. The number of nitrogens with zero attached hydrogens (tertiary/aromatic N) is 3. The number of nitrogens with one attached hydrogen (secondary N) is 1. The third kappa shape index (κ3) is 6.47. The summed E-state index contributed by atoms with van der Waals surface area (Å²) in [7, 11) is 0. The van der Waals surface area contributed by atoms with Crippen LogP contribution in [0.2, 0.25) is 0 Å². The Bertz CT molecular complexity index is 1350. The molecule has 1 heterocycles. The normalized spacial score (nSPS) is 26.1. The lowest BCUT2D eigenvalue weighted by Gasteiger charge is -2.38. The summed E-state index contributed by atoms with van der Waals surface area (Å²) in [6.45, 7) is 5.85. The van der Waals surface area contributed by atoms with Crippen LogP contribution in [0.5, 0.6) is 0 Å². The number of benzene rings is 1. The van der Waals surface area contributed by atoms with Gasteiger partial charge in [-0.25, -0.2) is 4.39 Å². The summed E-state index contributed by atoms with van der Waals surface area (Å²) >= 11 is 0. The summed E-state index contributed by atoms with van der Waals surface area (Å²) in [5.41, 5.74) is 2.16. The summed E-state index contributed by atoms with van der Waals surface area (Å²) in [5, 5.41) is 9.83. The predicted molar refractivity (Wildman–Crippen MR) is 153 cm³/mol. The third-order valence-corrected chi connectivity index (χ3v) is 8.06. The van der Waals surface area contributed by atoms with Crippen LogP contribution < -0.4 is 11.2 Å². The third-order valence-electron chi connectivity index (χ3n) is 8.06. The largest absolute Gasteiger partial charge is 0.353 e. The minimum absolute atomic E-state index is 0.0130. The van der Waals surface area contributed by atoms with E-state index in [1.165, 1.54) is 12.1 Å². The first-order valence-corrected chi connectivity index (χ1v) is 13.4. The first kappa shape index (κ1) is 28.7. The van der Waals surface area contributed by atoms with Crippen LogP contribution in [-0.2, 0) is 16.0 Å². The quantitative estimate of drug-likeness (QED) is 0.204. The van der Waals surface area contributed by atoms with Crippen molar-refractivity contribution in [1.29, 1.82) is 0 Å². The van der Waals surface area contributed by atoms with Gasteiger partial charge in [0.2, 0.25) is 5.91 Å². The Hall–Kier alpha value is -4.27. The van der Waals surface area contributed by atoms with E-state index in [4.69, 9.17) is 5.84 Å². The second kappa shape index (κ2) is 12.7. The van der Waals surface area contributed by atoms with Gasteiger partial charge in [-0.15, -0.1) is 4.91 Å². The van der Waals surface area contributed by atoms with Gasteiger partial charge in [-0.1, -0.05) is 50.3 Å². The average Bonchev–Trinajstić information content (AvgIpc) is 3.20. The summed E-state index contributed by atoms with van der Waals surface area (Å²) < 4.78 is 13.4. The Morgan fingerprint density at radius 2 is 2.02 bits per heavy atom. The van der Waals surface area contributed by atoms with Crippen molar-refractivity contribution in [3.63, 3.8) is 0 Å². The fourth-order valence-electron chi connectivity index (χ4n) is 5.81. The maximum Gasteiger partial charge on any atom is 0.292 e. The van der Waals surface area contributed by atoms with Gasteiger partial charge >= 0.3 is 0 Å². The highest BCUT2D eigenvalue weighted by molar-refractivity contribution is 6.00. The van der Waals surface area contributed by atoms with E-state index < -0.39 is 17.2 Å². The number of carbonyl (C=O) groups is 2. The molecule has 0 bridgehead atoms. The molecule has 0 spiro atoms. The van der Waals surface area contributed by atoms with Crippen molar-refractivity contribution < 1.29 is 14.0 Å². The van der Waals surface area contributed by atoms with Gasteiger partial charge in [0, 0.05) is 23.3 Å². The number of nitroso groups, excluding NO2 is 1.